The van der Waals surface area contributed by atoms with Crippen LogP contribution in [0.5, 0.6) is 0 Å². The summed E-state index contributed by atoms with van der Waals surface area (Å²) in [7, 11) is 0. The summed E-state index contributed by atoms with van der Waals surface area (Å²) >= 11 is 8.17. The molecule has 0 bridgehead atoms. The number of morpholine rings is 1. The van der Waals surface area contributed by atoms with Crippen LogP contribution < -0.4 is 10.6 Å². The van der Waals surface area contributed by atoms with Crippen LogP contribution in [0.3, 0.4) is 0 Å². The predicted molar refractivity (Wildman–Crippen MR) is 141 cm³/mol. The highest BCUT2D eigenvalue weighted by Gasteiger charge is 2.35. The first-order valence-corrected chi connectivity index (χ1v) is 13.3. The van der Waals surface area contributed by atoms with Crippen LogP contribution in [0, 0.1) is 17.1 Å². The Bertz CT molecular complexity index is 1620. The second-order valence-corrected chi connectivity index (χ2v) is 11.0. The maximum absolute atomic E-state index is 14.7. The van der Waals surface area contributed by atoms with E-state index in [0.29, 0.717) is 57.0 Å². The second-order valence-electron chi connectivity index (χ2n) is 9.53. The number of hydrogen-bond donors (Lipinski definition) is 1. The van der Waals surface area contributed by atoms with Crippen LogP contribution in [-0.2, 0) is 22.7 Å². The van der Waals surface area contributed by atoms with Gasteiger partial charge in [0.2, 0.25) is 5.95 Å². The Balaban J connectivity index is 1.36. The fourth-order valence-electron chi connectivity index (χ4n) is 5.64. The number of ether oxygens (including phenoxy) is 2. The number of nitriles is 1. The number of nitrogen functional groups attached to an aromatic ring is 1. The number of hydrogen-bond acceptors (Lipinski definition) is 9. The lowest BCUT2D eigenvalue weighted by Crippen LogP contribution is -2.62. The zero-order valence-corrected chi connectivity index (χ0v) is 21.3. The van der Waals surface area contributed by atoms with Crippen molar-refractivity contribution in [2.24, 2.45) is 0 Å². The summed E-state index contributed by atoms with van der Waals surface area (Å²) in [6.07, 6.45) is 1.83. The van der Waals surface area contributed by atoms with Gasteiger partial charge in [0, 0.05) is 54.8 Å². The second kappa shape index (κ2) is 8.75. The minimum atomic E-state index is -0.418. The molecule has 2 fully saturated rings. The van der Waals surface area contributed by atoms with E-state index in [2.05, 4.69) is 20.9 Å². The number of nitrogens with zero attached hydrogens (tertiary/aromatic N) is 5. The minimum absolute atomic E-state index is 0.261. The van der Waals surface area contributed by atoms with Crippen LogP contribution in [0.1, 0.15) is 16.7 Å². The Morgan fingerprint density at radius 1 is 1.16 bits per heavy atom. The molecule has 0 radical (unpaired) electrons. The van der Waals surface area contributed by atoms with E-state index in [1.807, 2.05) is 6.20 Å². The lowest BCUT2D eigenvalue weighted by molar-refractivity contribution is 0.0103. The van der Waals surface area contributed by atoms with Gasteiger partial charge in [-0.15, -0.1) is 11.3 Å². The van der Waals surface area contributed by atoms with Gasteiger partial charge in [-0.05, 0) is 22.8 Å². The number of rotatable bonds is 3. The number of thiophene rings is 1. The van der Waals surface area contributed by atoms with Crippen molar-refractivity contribution in [3.05, 3.63) is 45.9 Å². The highest BCUT2D eigenvalue weighted by molar-refractivity contribution is 7.23. The Kier molecular flexibility index (Phi) is 5.46. The third-order valence-corrected chi connectivity index (χ3v) is 8.99. The molecule has 3 aliphatic heterocycles. The van der Waals surface area contributed by atoms with Gasteiger partial charge in [-0.3, -0.25) is 4.90 Å². The van der Waals surface area contributed by atoms with Gasteiger partial charge in [0.25, 0.3) is 0 Å². The molecule has 3 aliphatic rings. The van der Waals surface area contributed by atoms with E-state index in [0.717, 1.165) is 67.2 Å². The molecule has 2 saturated heterocycles. The standard InChI is InChI=1S/C26H22ClFN6O2S/c27-22-20(14-1-2-19(28)24-21(14)15(7-29)25(30)37-24)18-12-36-11-17(18)16-8-31-26(32-23(16)22)34-9-13(10-34)33-3-5-35-6-4-33/h1-2,8,13H,3-6,9-12,30H2. The fraction of sp³-hybridized carbons (Fsp3) is 0.346. The average molecular weight is 537 g/mol. The lowest BCUT2D eigenvalue weighted by Gasteiger charge is -2.46. The van der Waals surface area contributed by atoms with E-state index < -0.39 is 5.82 Å². The van der Waals surface area contributed by atoms with E-state index in [9.17, 15) is 9.65 Å². The highest BCUT2D eigenvalue weighted by Crippen LogP contribution is 2.48. The average Bonchev–Trinajstić information content (AvgIpc) is 3.50. The van der Waals surface area contributed by atoms with Crippen LogP contribution in [-0.4, -0.2) is 60.3 Å². The molecule has 2 aromatic heterocycles. The normalized spacial score (nSPS) is 18.4. The third kappa shape index (κ3) is 3.50. The molecule has 0 saturated carbocycles. The van der Waals surface area contributed by atoms with E-state index in [4.69, 9.17) is 31.8 Å². The molecule has 4 aromatic rings. The molecule has 0 amide bonds. The van der Waals surface area contributed by atoms with Gasteiger partial charge in [-0.25, -0.2) is 14.4 Å². The lowest BCUT2D eigenvalue weighted by atomic mass is 9.91. The Labute approximate surface area is 221 Å². The van der Waals surface area contributed by atoms with Gasteiger partial charge in [-0.1, -0.05) is 17.7 Å². The monoisotopic (exact) mass is 536 g/mol. The number of aromatic nitrogens is 2. The van der Waals surface area contributed by atoms with Crippen LogP contribution in [0.2, 0.25) is 5.02 Å². The molecule has 188 valence electrons. The first-order valence-electron chi connectivity index (χ1n) is 12.1. The summed E-state index contributed by atoms with van der Waals surface area (Å²) in [6.45, 7) is 5.90. The predicted octanol–water partition coefficient (Wildman–Crippen LogP) is 4.31. The van der Waals surface area contributed by atoms with Crippen molar-refractivity contribution in [1.82, 2.24) is 14.9 Å². The SMILES string of the molecule is N#Cc1c(N)sc2c(F)ccc(-c3c4c(c5cnc(N6CC(N7CCOCC7)C6)nc5c3Cl)COC4)c12. The van der Waals surface area contributed by atoms with Crippen molar-refractivity contribution >= 4 is 54.9 Å². The topological polar surface area (TPSA) is 101 Å². The van der Waals surface area contributed by atoms with Crippen molar-refractivity contribution < 1.29 is 13.9 Å². The van der Waals surface area contributed by atoms with E-state index in [1.165, 1.54) is 6.07 Å². The molecule has 37 heavy (non-hydrogen) atoms. The third-order valence-electron chi connectivity index (χ3n) is 7.59. The smallest absolute Gasteiger partial charge is 0.226 e. The summed E-state index contributed by atoms with van der Waals surface area (Å²) in [5.41, 5.74) is 10.2. The summed E-state index contributed by atoms with van der Waals surface area (Å²) in [5.74, 6) is 0.212. The molecule has 7 rings (SSSR count). The first-order chi connectivity index (χ1) is 18.0. The summed E-state index contributed by atoms with van der Waals surface area (Å²) < 4.78 is 26.4. The molecular weight excluding hydrogens is 515 g/mol. The summed E-state index contributed by atoms with van der Waals surface area (Å²) in [4.78, 5) is 14.2. The van der Waals surface area contributed by atoms with Gasteiger partial charge in [0.15, 0.2) is 0 Å². The Morgan fingerprint density at radius 2 is 1.95 bits per heavy atom. The van der Waals surface area contributed by atoms with E-state index in [-0.39, 0.29) is 10.6 Å². The molecule has 5 heterocycles. The van der Waals surface area contributed by atoms with Gasteiger partial charge < -0.3 is 20.1 Å². The number of fused-ring (bicyclic) bond motifs is 4. The van der Waals surface area contributed by atoms with Gasteiger partial charge in [-0.2, -0.15) is 5.26 Å². The number of halogens is 2. The van der Waals surface area contributed by atoms with Crippen molar-refractivity contribution in [1.29, 1.82) is 5.26 Å². The van der Waals surface area contributed by atoms with Crippen LogP contribution in [0.15, 0.2) is 18.3 Å². The van der Waals surface area contributed by atoms with Crippen molar-refractivity contribution in [3.63, 3.8) is 0 Å². The number of anilines is 2. The fourth-order valence-corrected chi connectivity index (χ4v) is 6.95. The molecule has 2 aromatic carbocycles. The van der Waals surface area contributed by atoms with Gasteiger partial charge >= 0.3 is 0 Å². The zero-order chi connectivity index (χ0) is 25.3. The van der Waals surface area contributed by atoms with Crippen molar-refractivity contribution in [3.8, 4) is 17.2 Å². The Morgan fingerprint density at radius 3 is 2.73 bits per heavy atom. The molecule has 0 atom stereocenters. The number of benzene rings is 2. The molecule has 0 unspecified atom stereocenters. The summed E-state index contributed by atoms with van der Waals surface area (Å²) in [5, 5.41) is 11.9. The van der Waals surface area contributed by atoms with E-state index >= 15 is 0 Å². The van der Waals surface area contributed by atoms with Crippen molar-refractivity contribution in [2.75, 3.05) is 50.0 Å². The maximum atomic E-state index is 14.7. The van der Waals surface area contributed by atoms with Crippen LogP contribution in [0.25, 0.3) is 32.1 Å². The summed E-state index contributed by atoms with van der Waals surface area (Å²) in [6, 6.07) is 5.68. The molecule has 2 N–H and O–H groups in total. The molecule has 8 nitrogen and oxygen atoms in total. The molecule has 0 aliphatic carbocycles. The first kappa shape index (κ1) is 23.1. The molecule has 0 spiro atoms. The van der Waals surface area contributed by atoms with Gasteiger partial charge in [0.1, 0.15) is 16.9 Å². The minimum Gasteiger partial charge on any atom is -0.389 e. The highest BCUT2D eigenvalue weighted by atomic mass is 35.5. The molecular formula is C26H22ClFN6O2S. The van der Waals surface area contributed by atoms with Crippen LogP contribution >= 0.6 is 22.9 Å². The van der Waals surface area contributed by atoms with Crippen molar-refractivity contribution in [2.45, 2.75) is 19.3 Å². The number of nitrogens with two attached hydrogens (primary N) is 1. The van der Waals surface area contributed by atoms with E-state index in [1.54, 1.807) is 6.07 Å². The Hall–Kier alpha value is -3.07. The largest absolute Gasteiger partial charge is 0.389 e. The molecule has 11 heteroatoms. The van der Waals surface area contributed by atoms with Crippen LogP contribution in [0.4, 0.5) is 15.3 Å². The quantitative estimate of drug-likeness (QED) is 0.413. The zero-order valence-electron chi connectivity index (χ0n) is 19.8. The van der Waals surface area contributed by atoms with Gasteiger partial charge in [0.05, 0.1) is 47.2 Å². The maximum Gasteiger partial charge on any atom is 0.226 e.